The Morgan fingerprint density at radius 3 is 2.60 bits per heavy atom. The van der Waals surface area contributed by atoms with E-state index in [0.29, 0.717) is 17.7 Å². The molecule has 0 radical (unpaired) electrons. The second-order valence-corrected chi connectivity index (χ2v) is 5.23. The van der Waals surface area contributed by atoms with Crippen molar-refractivity contribution in [3.05, 3.63) is 63.9 Å². The van der Waals surface area contributed by atoms with Gasteiger partial charge in [0.05, 0.1) is 17.3 Å². The first-order valence-corrected chi connectivity index (χ1v) is 6.69. The lowest BCUT2D eigenvalue weighted by molar-refractivity contribution is -0.137. The van der Waals surface area contributed by atoms with Crippen molar-refractivity contribution >= 4 is 15.9 Å². The highest BCUT2D eigenvalue weighted by Crippen LogP contribution is 2.30. The summed E-state index contributed by atoms with van der Waals surface area (Å²) in [6, 6.07) is 8.28. The van der Waals surface area contributed by atoms with Crippen LogP contribution < -0.4 is 5.73 Å². The summed E-state index contributed by atoms with van der Waals surface area (Å²) in [4.78, 5) is 4.15. The summed E-state index contributed by atoms with van der Waals surface area (Å²) in [6.07, 6.45) is -2.45. The largest absolute Gasteiger partial charge is 0.416 e. The lowest BCUT2D eigenvalue weighted by Crippen LogP contribution is -2.16. The second kappa shape index (κ2) is 5.93. The molecule has 0 aliphatic rings. The summed E-state index contributed by atoms with van der Waals surface area (Å²) in [6.45, 7) is 0. The van der Waals surface area contributed by atoms with Gasteiger partial charge < -0.3 is 5.73 Å². The van der Waals surface area contributed by atoms with Gasteiger partial charge in [-0.25, -0.2) is 0 Å². The van der Waals surface area contributed by atoms with E-state index in [9.17, 15) is 13.2 Å². The Kier molecular flexibility index (Phi) is 4.45. The van der Waals surface area contributed by atoms with Crippen molar-refractivity contribution in [1.29, 1.82) is 0 Å². The number of pyridine rings is 1. The molecule has 0 aliphatic heterocycles. The number of alkyl halides is 3. The Bertz CT molecular complexity index is 599. The molecule has 0 bridgehead atoms. The van der Waals surface area contributed by atoms with E-state index in [0.717, 1.165) is 16.6 Å². The van der Waals surface area contributed by atoms with Gasteiger partial charge in [-0.1, -0.05) is 18.2 Å². The zero-order chi connectivity index (χ0) is 14.8. The van der Waals surface area contributed by atoms with Gasteiger partial charge in [0.2, 0.25) is 0 Å². The number of hydrogen-bond donors (Lipinski definition) is 1. The molecule has 0 aliphatic carbocycles. The van der Waals surface area contributed by atoms with E-state index in [1.54, 1.807) is 24.4 Å². The Balaban J connectivity index is 2.20. The predicted octanol–water partition coefficient (Wildman–Crippen LogP) is 4.11. The molecule has 0 fully saturated rings. The van der Waals surface area contributed by atoms with Gasteiger partial charge in [-0.3, -0.25) is 4.98 Å². The first kappa shape index (κ1) is 15.0. The van der Waals surface area contributed by atoms with Crippen LogP contribution in [0.4, 0.5) is 13.2 Å². The molecule has 0 amide bonds. The lowest BCUT2D eigenvalue weighted by Gasteiger charge is -2.14. The van der Waals surface area contributed by atoms with Crippen LogP contribution in [-0.2, 0) is 12.6 Å². The van der Waals surface area contributed by atoms with Gasteiger partial charge in [0.15, 0.2) is 0 Å². The van der Waals surface area contributed by atoms with Gasteiger partial charge in [0, 0.05) is 10.7 Å². The highest BCUT2D eigenvalue weighted by molar-refractivity contribution is 9.10. The number of nitrogens with zero attached hydrogens (tertiary/aromatic N) is 1. The zero-order valence-corrected chi connectivity index (χ0v) is 11.9. The van der Waals surface area contributed by atoms with Crippen LogP contribution in [0.3, 0.4) is 0 Å². The SMILES string of the molecule is NC(Cc1cccc(C(F)(F)F)c1)c1ncccc1Br. The minimum atomic E-state index is -4.34. The molecule has 1 unspecified atom stereocenters. The molecule has 0 saturated carbocycles. The molecule has 2 aromatic rings. The van der Waals surface area contributed by atoms with Crippen LogP contribution >= 0.6 is 15.9 Å². The van der Waals surface area contributed by atoms with Crippen molar-refractivity contribution in [1.82, 2.24) is 4.98 Å². The maximum Gasteiger partial charge on any atom is 0.416 e. The molecule has 0 spiro atoms. The molecule has 6 heteroatoms. The van der Waals surface area contributed by atoms with Gasteiger partial charge in [-0.05, 0) is 46.1 Å². The van der Waals surface area contributed by atoms with Crippen LogP contribution in [0.5, 0.6) is 0 Å². The molecule has 1 aromatic carbocycles. The minimum Gasteiger partial charge on any atom is -0.322 e. The van der Waals surface area contributed by atoms with Crippen molar-refractivity contribution in [2.24, 2.45) is 5.73 Å². The molecular weight excluding hydrogens is 333 g/mol. The number of hydrogen-bond acceptors (Lipinski definition) is 2. The number of halogens is 4. The van der Waals surface area contributed by atoms with Gasteiger partial charge >= 0.3 is 6.18 Å². The molecule has 1 aromatic heterocycles. The van der Waals surface area contributed by atoms with Gasteiger partial charge in [-0.2, -0.15) is 13.2 Å². The van der Waals surface area contributed by atoms with Crippen molar-refractivity contribution in [2.45, 2.75) is 18.6 Å². The zero-order valence-electron chi connectivity index (χ0n) is 10.4. The predicted molar refractivity (Wildman–Crippen MR) is 74.0 cm³/mol. The first-order chi connectivity index (χ1) is 9.38. The maximum atomic E-state index is 12.6. The fraction of sp³-hybridized carbons (Fsp3) is 0.214. The van der Waals surface area contributed by atoms with Crippen molar-refractivity contribution in [3.8, 4) is 0 Å². The van der Waals surface area contributed by atoms with Gasteiger partial charge in [0.1, 0.15) is 0 Å². The summed E-state index contributed by atoms with van der Waals surface area (Å²) in [5, 5.41) is 0. The van der Waals surface area contributed by atoms with Crippen LogP contribution in [0.25, 0.3) is 0 Å². The normalized spacial score (nSPS) is 13.2. The average molecular weight is 345 g/mol. The van der Waals surface area contributed by atoms with E-state index < -0.39 is 17.8 Å². The Hall–Kier alpha value is -1.40. The van der Waals surface area contributed by atoms with E-state index in [1.165, 1.54) is 6.07 Å². The van der Waals surface area contributed by atoms with Crippen LogP contribution in [0.1, 0.15) is 22.9 Å². The van der Waals surface area contributed by atoms with Gasteiger partial charge in [-0.15, -0.1) is 0 Å². The summed E-state index contributed by atoms with van der Waals surface area (Å²) >= 11 is 3.33. The van der Waals surface area contributed by atoms with Gasteiger partial charge in [0.25, 0.3) is 0 Å². The molecule has 20 heavy (non-hydrogen) atoms. The molecule has 0 saturated heterocycles. The topological polar surface area (TPSA) is 38.9 Å². The molecule has 1 atom stereocenters. The van der Waals surface area contributed by atoms with E-state index >= 15 is 0 Å². The molecule has 106 valence electrons. The smallest absolute Gasteiger partial charge is 0.322 e. The van der Waals surface area contributed by atoms with Crippen molar-refractivity contribution in [3.63, 3.8) is 0 Å². The summed E-state index contributed by atoms with van der Waals surface area (Å²) in [5.74, 6) is 0. The summed E-state index contributed by atoms with van der Waals surface area (Å²) in [7, 11) is 0. The third-order valence-electron chi connectivity index (χ3n) is 2.85. The van der Waals surface area contributed by atoms with E-state index in [1.807, 2.05) is 0 Å². The number of benzene rings is 1. The Morgan fingerprint density at radius 2 is 1.95 bits per heavy atom. The van der Waals surface area contributed by atoms with Crippen molar-refractivity contribution < 1.29 is 13.2 Å². The standard InChI is InChI=1S/C14H12BrF3N2/c15-11-5-2-6-20-13(11)12(19)8-9-3-1-4-10(7-9)14(16,17)18/h1-7,12H,8,19H2. The van der Waals surface area contributed by atoms with E-state index in [4.69, 9.17) is 5.73 Å². The minimum absolute atomic E-state index is 0.291. The van der Waals surface area contributed by atoms with E-state index in [2.05, 4.69) is 20.9 Å². The Morgan fingerprint density at radius 1 is 1.20 bits per heavy atom. The molecule has 2 rings (SSSR count). The molecular formula is C14H12BrF3N2. The number of nitrogens with two attached hydrogens (primary N) is 1. The van der Waals surface area contributed by atoms with E-state index in [-0.39, 0.29) is 0 Å². The fourth-order valence-corrected chi connectivity index (χ4v) is 2.45. The number of rotatable bonds is 3. The molecule has 2 nitrogen and oxygen atoms in total. The highest BCUT2D eigenvalue weighted by Gasteiger charge is 2.30. The summed E-state index contributed by atoms with van der Waals surface area (Å²) in [5.41, 5.74) is 6.51. The van der Waals surface area contributed by atoms with Crippen LogP contribution in [0.15, 0.2) is 47.1 Å². The lowest BCUT2D eigenvalue weighted by atomic mass is 10.0. The molecule has 2 N–H and O–H groups in total. The molecule has 1 heterocycles. The second-order valence-electron chi connectivity index (χ2n) is 4.38. The monoisotopic (exact) mass is 344 g/mol. The third-order valence-corrected chi connectivity index (χ3v) is 3.52. The van der Waals surface area contributed by atoms with Crippen molar-refractivity contribution in [2.75, 3.05) is 0 Å². The maximum absolute atomic E-state index is 12.6. The first-order valence-electron chi connectivity index (χ1n) is 5.90. The van der Waals surface area contributed by atoms with Crippen LogP contribution in [0, 0.1) is 0 Å². The summed E-state index contributed by atoms with van der Waals surface area (Å²) < 4.78 is 38.7. The van der Waals surface area contributed by atoms with Crippen LogP contribution in [0.2, 0.25) is 0 Å². The fourth-order valence-electron chi connectivity index (χ4n) is 1.90. The third kappa shape index (κ3) is 3.58. The quantitative estimate of drug-likeness (QED) is 0.910. The Labute approximate surface area is 123 Å². The average Bonchev–Trinajstić information content (AvgIpc) is 2.38. The highest BCUT2D eigenvalue weighted by atomic mass is 79.9. The number of aromatic nitrogens is 1. The van der Waals surface area contributed by atoms with Crippen LogP contribution in [-0.4, -0.2) is 4.98 Å².